The van der Waals surface area contributed by atoms with Crippen LogP contribution in [-0.4, -0.2) is 71.2 Å². The molecule has 2 aliphatic heterocycles. The van der Waals surface area contributed by atoms with Crippen LogP contribution in [-0.2, 0) is 11.2 Å². The second kappa shape index (κ2) is 10.1. The molecule has 0 aliphatic carbocycles. The lowest BCUT2D eigenvalue weighted by molar-refractivity contribution is -0.141. The van der Waals surface area contributed by atoms with Gasteiger partial charge in [-0.1, -0.05) is 6.07 Å². The van der Waals surface area contributed by atoms with E-state index in [0.29, 0.717) is 24.7 Å². The number of aromatic nitrogens is 1. The molecule has 1 unspecified atom stereocenters. The Kier molecular flexibility index (Phi) is 6.77. The highest BCUT2D eigenvalue weighted by Gasteiger charge is 2.23. The minimum atomic E-state index is -0.931. The summed E-state index contributed by atoms with van der Waals surface area (Å²) in [5.74, 6) is 1.05. The number of benzene rings is 1. The molecular formula is C25H31N5O4. The molecule has 34 heavy (non-hydrogen) atoms. The lowest BCUT2D eigenvalue weighted by Gasteiger charge is -2.35. The molecule has 2 fully saturated rings. The topological polar surface area (TPSA) is 103 Å². The van der Waals surface area contributed by atoms with E-state index in [1.54, 1.807) is 4.90 Å². The molecule has 3 N–H and O–H groups in total. The molecule has 0 spiro atoms. The van der Waals surface area contributed by atoms with Crippen molar-refractivity contribution < 1.29 is 19.1 Å². The number of carbonyl (C=O) groups excluding carboxylic acids is 1. The monoisotopic (exact) mass is 465 g/mol. The SMILES string of the molecule is C[C@@H](O)C(=O)N1CCN(CCc2coc3cc(Oc4ccc(C5CCNN5)cn4)ccc23)CC1. The third kappa shape index (κ3) is 5.07. The van der Waals surface area contributed by atoms with Crippen molar-refractivity contribution in [1.82, 2.24) is 25.6 Å². The predicted octanol–water partition coefficient (Wildman–Crippen LogP) is 2.23. The van der Waals surface area contributed by atoms with Crippen LogP contribution in [0, 0.1) is 0 Å². The van der Waals surface area contributed by atoms with Crippen LogP contribution in [0.15, 0.2) is 47.2 Å². The van der Waals surface area contributed by atoms with Crippen molar-refractivity contribution in [3.8, 4) is 11.6 Å². The third-order valence-corrected chi connectivity index (χ3v) is 6.58. The molecule has 2 saturated heterocycles. The number of furan rings is 1. The van der Waals surface area contributed by atoms with Gasteiger partial charge in [-0.25, -0.2) is 4.98 Å². The molecule has 5 rings (SSSR count). The zero-order valence-corrected chi connectivity index (χ0v) is 19.4. The van der Waals surface area contributed by atoms with Gasteiger partial charge in [0.15, 0.2) is 0 Å². The summed E-state index contributed by atoms with van der Waals surface area (Å²) in [7, 11) is 0. The lowest BCUT2D eigenvalue weighted by Crippen LogP contribution is -2.51. The van der Waals surface area contributed by atoms with Gasteiger partial charge in [0.25, 0.3) is 5.91 Å². The van der Waals surface area contributed by atoms with Gasteiger partial charge in [-0.3, -0.25) is 20.5 Å². The maximum Gasteiger partial charge on any atom is 0.251 e. The van der Waals surface area contributed by atoms with E-state index in [0.717, 1.165) is 61.1 Å². The van der Waals surface area contributed by atoms with Crippen LogP contribution in [0.25, 0.3) is 11.0 Å². The maximum absolute atomic E-state index is 11.9. The standard InChI is InChI=1S/C25H31N5O4/c1-17(31)25(32)30-12-10-29(11-13-30)9-7-19-16-33-23-14-20(3-4-21(19)23)34-24-5-2-18(15-26-24)22-6-8-27-28-22/h2-5,14-17,22,27-28,31H,6-13H2,1H3/t17-,22?/m1/s1. The van der Waals surface area contributed by atoms with Crippen LogP contribution in [0.1, 0.15) is 30.5 Å². The van der Waals surface area contributed by atoms with E-state index in [-0.39, 0.29) is 11.9 Å². The van der Waals surface area contributed by atoms with Crippen LogP contribution in [0.5, 0.6) is 11.6 Å². The highest BCUT2D eigenvalue weighted by Crippen LogP contribution is 2.29. The van der Waals surface area contributed by atoms with Crippen LogP contribution in [0.4, 0.5) is 0 Å². The second-order valence-corrected chi connectivity index (χ2v) is 8.96. The van der Waals surface area contributed by atoms with Crippen molar-refractivity contribution >= 4 is 16.9 Å². The average molecular weight is 466 g/mol. The molecular weight excluding hydrogens is 434 g/mol. The van der Waals surface area contributed by atoms with Gasteiger partial charge in [-0.05, 0) is 43.0 Å². The largest absolute Gasteiger partial charge is 0.464 e. The summed E-state index contributed by atoms with van der Waals surface area (Å²) in [5, 5.41) is 10.6. The smallest absolute Gasteiger partial charge is 0.251 e. The third-order valence-electron chi connectivity index (χ3n) is 6.58. The van der Waals surface area contributed by atoms with Gasteiger partial charge in [-0.2, -0.15) is 0 Å². The fourth-order valence-electron chi connectivity index (χ4n) is 4.57. The van der Waals surface area contributed by atoms with E-state index >= 15 is 0 Å². The van der Waals surface area contributed by atoms with Crippen molar-refractivity contribution in [3.05, 3.63) is 53.9 Å². The number of ether oxygens (including phenoxy) is 1. The summed E-state index contributed by atoms with van der Waals surface area (Å²) in [6, 6.07) is 10.1. The van der Waals surface area contributed by atoms with Gasteiger partial charge in [0, 0.05) is 69.0 Å². The molecule has 2 aliphatic rings. The molecule has 1 aromatic carbocycles. The molecule has 9 heteroatoms. The summed E-state index contributed by atoms with van der Waals surface area (Å²) in [5.41, 5.74) is 9.46. The van der Waals surface area contributed by atoms with Gasteiger partial charge >= 0.3 is 0 Å². The number of hydrogen-bond donors (Lipinski definition) is 3. The first kappa shape index (κ1) is 22.8. The van der Waals surface area contributed by atoms with E-state index in [2.05, 4.69) is 20.7 Å². The Morgan fingerprint density at radius 2 is 2.12 bits per heavy atom. The number of hydrogen-bond acceptors (Lipinski definition) is 8. The van der Waals surface area contributed by atoms with E-state index in [1.807, 2.05) is 42.8 Å². The van der Waals surface area contributed by atoms with Crippen molar-refractivity contribution in [2.75, 3.05) is 39.3 Å². The number of aliphatic hydroxyl groups is 1. The minimum absolute atomic E-state index is 0.187. The highest BCUT2D eigenvalue weighted by atomic mass is 16.5. The zero-order chi connectivity index (χ0) is 23.5. The first-order chi connectivity index (χ1) is 16.6. The minimum Gasteiger partial charge on any atom is -0.464 e. The number of pyridine rings is 1. The van der Waals surface area contributed by atoms with Crippen molar-refractivity contribution in [2.24, 2.45) is 0 Å². The lowest BCUT2D eigenvalue weighted by atomic mass is 10.1. The Morgan fingerprint density at radius 3 is 2.82 bits per heavy atom. The molecule has 0 saturated carbocycles. The number of nitrogens with one attached hydrogen (secondary N) is 2. The van der Waals surface area contributed by atoms with Crippen LogP contribution < -0.4 is 15.6 Å². The summed E-state index contributed by atoms with van der Waals surface area (Å²) in [4.78, 5) is 20.5. The number of hydrazine groups is 1. The molecule has 2 atom stereocenters. The van der Waals surface area contributed by atoms with Crippen LogP contribution in [0.2, 0.25) is 0 Å². The first-order valence-corrected chi connectivity index (χ1v) is 11.9. The summed E-state index contributed by atoms with van der Waals surface area (Å²) in [6.45, 7) is 6.30. The molecule has 0 bridgehead atoms. The Hall–Kier alpha value is -2.98. The fourth-order valence-corrected chi connectivity index (χ4v) is 4.57. The summed E-state index contributed by atoms with van der Waals surface area (Å²) < 4.78 is 11.8. The average Bonchev–Trinajstić information content (AvgIpc) is 3.53. The van der Waals surface area contributed by atoms with Crippen molar-refractivity contribution in [3.63, 3.8) is 0 Å². The second-order valence-electron chi connectivity index (χ2n) is 8.96. The van der Waals surface area contributed by atoms with Gasteiger partial charge < -0.3 is 19.2 Å². The summed E-state index contributed by atoms with van der Waals surface area (Å²) >= 11 is 0. The molecule has 1 amide bonds. The number of piperazine rings is 1. The number of fused-ring (bicyclic) bond motifs is 1. The van der Waals surface area contributed by atoms with E-state index in [9.17, 15) is 9.90 Å². The number of aliphatic hydroxyl groups excluding tert-OH is 1. The molecule has 2 aromatic heterocycles. The molecule has 180 valence electrons. The van der Waals surface area contributed by atoms with Crippen molar-refractivity contribution in [2.45, 2.75) is 31.9 Å². The highest BCUT2D eigenvalue weighted by molar-refractivity contribution is 5.82. The van der Waals surface area contributed by atoms with Gasteiger partial charge in [0.1, 0.15) is 17.4 Å². The van der Waals surface area contributed by atoms with E-state index in [1.165, 1.54) is 6.92 Å². The van der Waals surface area contributed by atoms with Gasteiger partial charge in [0.2, 0.25) is 5.88 Å². The Bertz CT molecular complexity index is 1120. The molecule has 4 heterocycles. The predicted molar refractivity (Wildman–Crippen MR) is 127 cm³/mol. The van der Waals surface area contributed by atoms with Gasteiger partial charge in [-0.15, -0.1) is 0 Å². The molecule has 3 aromatic rings. The van der Waals surface area contributed by atoms with Crippen LogP contribution >= 0.6 is 0 Å². The number of amides is 1. The number of nitrogens with zero attached hydrogens (tertiary/aromatic N) is 3. The molecule has 0 radical (unpaired) electrons. The maximum atomic E-state index is 11.9. The zero-order valence-electron chi connectivity index (χ0n) is 19.4. The quantitative estimate of drug-likeness (QED) is 0.488. The Morgan fingerprint density at radius 1 is 1.26 bits per heavy atom. The molecule has 9 nitrogen and oxygen atoms in total. The Balaban J connectivity index is 1.16. The first-order valence-electron chi connectivity index (χ1n) is 11.9. The summed E-state index contributed by atoms with van der Waals surface area (Å²) in [6.07, 6.45) is 4.64. The van der Waals surface area contributed by atoms with Gasteiger partial charge in [0.05, 0.1) is 6.26 Å². The Labute approximate surface area is 198 Å². The van der Waals surface area contributed by atoms with E-state index in [4.69, 9.17) is 9.15 Å². The number of carbonyl (C=O) groups is 1. The fraction of sp³-hybridized carbons (Fsp3) is 0.440. The van der Waals surface area contributed by atoms with Crippen molar-refractivity contribution in [1.29, 1.82) is 0 Å². The number of rotatable bonds is 7. The van der Waals surface area contributed by atoms with Crippen LogP contribution in [0.3, 0.4) is 0 Å². The van der Waals surface area contributed by atoms with E-state index < -0.39 is 6.10 Å². The normalized spacial score (nSPS) is 20.1.